The molecule has 0 aliphatic rings. The molecular formula is C18H26N2O8. The van der Waals surface area contributed by atoms with Crippen LogP contribution in [-0.2, 0) is 19.0 Å². The lowest BCUT2D eigenvalue weighted by Crippen LogP contribution is -2.43. The standard InChI is InChI=1S/C18H26N2O8/c1-5-27-18(26-4)28-11-15(10-12(2)17(22)23)19(3)16(21)13-6-8-14(9-7-13)20(24)25/h6-9,12,15,18H,5,10-11H2,1-4H3,(H,22,23)/t12-,15-,18?/m0/s1. The summed E-state index contributed by atoms with van der Waals surface area (Å²) < 4.78 is 15.8. The Morgan fingerprint density at radius 2 is 1.86 bits per heavy atom. The third-order valence-electron chi connectivity index (χ3n) is 4.16. The maximum Gasteiger partial charge on any atom is 0.306 e. The molecule has 0 bridgehead atoms. The van der Waals surface area contributed by atoms with Crippen LogP contribution >= 0.6 is 0 Å². The van der Waals surface area contributed by atoms with Gasteiger partial charge in [0, 0.05) is 38.5 Å². The number of hydrogen-bond acceptors (Lipinski definition) is 7. The van der Waals surface area contributed by atoms with Crippen LogP contribution in [-0.4, -0.2) is 66.7 Å². The van der Waals surface area contributed by atoms with Gasteiger partial charge in [-0.2, -0.15) is 0 Å². The molecule has 10 heteroatoms. The number of benzene rings is 1. The van der Waals surface area contributed by atoms with Gasteiger partial charge in [0.15, 0.2) is 0 Å². The number of nitro benzene ring substituents is 1. The number of nitro groups is 1. The number of carbonyl (C=O) groups is 2. The number of aliphatic carboxylic acids is 1. The molecule has 10 nitrogen and oxygen atoms in total. The van der Waals surface area contributed by atoms with Crippen molar-refractivity contribution < 1.29 is 33.8 Å². The number of methoxy groups -OCH3 is 1. The smallest absolute Gasteiger partial charge is 0.306 e. The average molecular weight is 398 g/mol. The van der Waals surface area contributed by atoms with Crippen LogP contribution in [0.4, 0.5) is 5.69 Å². The van der Waals surface area contributed by atoms with Gasteiger partial charge in [0.2, 0.25) is 0 Å². The summed E-state index contributed by atoms with van der Waals surface area (Å²) in [6.07, 6.45) is 0.146. The maximum atomic E-state index is 12.7. The van der Waals surface area contributed by atoms with E-state index in [-0.39, 0.29) is 24.3 Å². The molecule has 3 atom stereocenters. The molecule has 0 aliphatic heterocycles. The second-order valence-corrected chi connectivity index (χ2v) is 6.16. The van der Waals surface area contributed by atoms with Crippen molar-refractivity contribution in [3.8, 4) is 0 Å². The van der Waals surface area contributed by atoms with Gasteiger partial charge >= 0.3 is 5.97 Å². The Balaban J connectivity index is 2.94. The Morgan fingerprint density at radius 3 is 2.32 bits per heavy atom. The molecular weight excluding hydrogens is 372 g/mol. The minimum Gasteiger partial charge on any atom is -0.481 e. The van der Waals surface area contributed by atoms with Crippen molar-refractivity contribution in [3.05, 3.63) is 39.9 Å². The minimum absolute atomic E-state index is 0.00858. The van der Waals surface area contributed by atoms with Gasteiger partial charge in [0.1, 0.15) is 0 Å². The zero-order chi connectivity index (χ0) is 21.3. The molecule has 1 N–H and O–H groups in total. The second-order valence-electron chi connectivity index (χ2n) is 6.16. The molecule has 156 valence electrons. The molecule has 1 aromatic carbocycles. The quantitative estimate of drug-likeness (QED) is 0.322. The van der Waals surface area contributed by atoms with E-state index in [0.717, 1.165) is 0 Å². The molecule has 1 aromatic rings. The van der Waals surface area contributed by atoms with E-state index in [4.69, 9.17) is 14.2 Å². The summed E-state index contributed by atoms with van der Waals surface area (Å²) in [7, 11) is 2.93. The Kier molecular flexibility index (Phi) is 9.49. The van der Waals surface area contributed by atoms with Crippen LogP contribution in [0, 0.1) is 16.0 Å². The number of ether oxygens (including phenoxy) is 3. The van der Waals surface area contributed by atoms with Crippen LogP contribution in [0.25, 0.3) is 0 Å². The maximum absolute atomic E-state index is 12.7. The van der Waals surface area contributed by atoms with Crippen LogP contribution in [0.5, 0.6) is 0 Å². The van der Waals surface area contributed by atoms with Gasteiger partial charge in [0.25, 0.3) is 18.1 Å². The lowest BCUT2D eigenvalue weighted by Gasteiger charge is -2.30. The van der Waals surface area contributed by atoms with Crippen LogP contribution in [0.15, 0.2) is 24.3 Å². The Labute approximate surface area is 163 Å². The predicted molar refractivity (Wildman–Crippen MR) is 98.8 cm³/mol. The first-order valence-corrected chi connectivity index (χ1v) is 8.71. The van der Waals surface area contributed by atoms with E-state index in [1.165, 1.54) is 50.2 Å². The second kappa shape index (κ2) is 11.3. The Morgan fingerprint density at radius 1 is 1.25 bits per heavy atom. The largest absolute Gasteiger partial charge is 0.481 e. The first kappa shape index (κ1) is 23.5. The van der Waals surface area contributed by atoms with E-state index >= 15 is 0 Å². The van der Waals surface area contributed by atoms with Crippen LogP contribution < -0.4 is 0 Å². The number of rotatable bonds is 12. The van der Waals surface area contributed by atoms with Crippen LogP contribution in [0.1, 0.15) is 30.6 Å². The van der Waals surface area contributed by atoms with Gasteiger partial charge in [0.05, 0.1) is 23.5 Å². The number of hydrogen-bond donors (Lipinski definition) is 1. The number of likely N-dealkylation sites (N-methyl/N-ethyl adjacent to an activating group) is 1. The molecule has 0 aliphatic carbocycles. The molecule has 28 heavy (non-hydrogen) atoms. The van der Waals surface area contributed by atoms with E-state index in [2.05, 4.69) is 0 Å². The van der Waals surface area contributed by atoms with Gasteiger partial charge in [-0.3, -0.25) is 19.7 Å². The van der Waals surface area contributed by atoms with E-state index in [0.29, 0.717) is 6.61 Å². The molecule has 0 heterocycles. The van der Waals surface area contributed by atoms with Crippen molar-refractivity contribution in [1.82, 2.24) is 4.90 Å². The van der Waals surface area contributed by atoms with Crippen molar-refractivity contribution in [2.45, 2.75) is 32.8 Å². The monoisotopic (exact) mass is 398 g/mol. The third-order valence-corrected chi connectivity index (χ3v) is 4.16. The molecule has 0 saturated heterocycles. The van der Waals surface area contributed by atoms with Crippen LogP contribution in [0.3, 0.4) is 0 Å². The van der Waals surface area contributed by atoms with Crippen molar-refractivity contribution in [3.63, 3.8) is 0 Å². The highest BCUT2D eigenvalue weighted by molar-refractivity contribution is 5.94. The van der Waals surface area contributed by atoms with Crippen LogP contribution in [0.2, 0.25) is 0 Å². The first-order chi connectivity index (χ1) is 13.2. The zero-order valence-electron chi connectivity index (χ0n) is 16.4. The molecule has 1 amide bonds. The number of carbonyl (C=O) groups excluding carboxylic acids is 1. The summed E-state index contributed by atoms with van der Waals surface area (Å²) in [4.78, 5) is 35.5. The molecule has 0 spiro atoms. The summed E-state index contributed by atoms with van der Waals surface area (Å²) in [6.45, 7) is 2.72. The fourth-order valence-corrected chi connectivity index (χ4v) is 2.45. The number of carboxylic acids is 1. The first-order valence-electron chi connectivity index (χ1n) is 8.71. The molecule has 0 radical (unpaired) electrons. The van der Waals surface area contributed by atoms with E-state index in [1.807, 2.05) is 0 Å². The summed E-state index contributed by atoms with van der Waals surface area (Å²) in [5.41, 5.74) is 0.118. The van der Waals surface area contributed by atoms with E-state index in [9.17, 15) is 24.8 Å². The Bertz CT molecular complexity index is 664. The SMILES string of the molecule is CCOC(OC)OC[C@H](C[C@H](C)C(=O)O)N(C)C(=O)c1ccc([N+](=O)[O-])cc1. The molecule has 0 saturated carbocycles. The fraction of sp³-hybridized carbons (Fsp3) is 0.556. The highest BCUT2D eigenvalue weighted by Gasteiger charge is 2.27. The highest BCUT2D eigenvalue weighted by atomic mass is 16.8. The van der Waals surface area contributed by atoms with Crippen molar-refractivity contribution in [1.29, 1.82) is 0 Å². The zero-order valence-corrected chi connectivity index (χ0v) is 16.4. The normalized spacial score (nSPS) is 14.1. The van der Waals surface area contributed by atoms with Crippen molar-refractivity contribution >= 4 is 17.6 Å². The molecule has 1 rings (SSSR count). The van der Waals surface area contributed by atoms with Gasteiger partial charge < -0.3 is 24.2 Å². The molecule has 1 unspecified atom stereocenters. The third kappa shape index (κ3) is 6.87. The summed E-state index contributed by atoms with van der Waals surface area (Å²) in [5, 5.41) is 20.0. The van der Waals surface area contributed by atoms with Crippen molar-refractivity contribution in [2.24, 2.45) is 5.92 Å². The molecule has 0 aromatic heterocycles. The Hall–Kier alpha value is -2.56. The lowest BCUT2D eigenvalue weighted by molar-refractivity contribution is -0.384. The number of amides is 1. The highest BCUT2D eigenvalue weighted by Crippen LogP contribution is 2.18. The lowest BCUT2D eigenvalue weighted by atomic mass is 10.0. The minimum atomic E-state index is -0.991. The predicted octanol–water partition coefficient (Wildman–Crippen LogP) is 2.13. The fourth-order valence-electron chi connectivity index (χ4n) is 2.45. The van der Waals surface area contributed by atoms with Crippen molar-refractivity contribution in [2.75, 3.05) is 27.4 Å². The van der Waals surface area contributed by atoms with E-state index in [1.54, 1.807) is 6.92 Å². The van der Waals surface area contributed by atoms with Gasteiger partial charge in [-0.15, -0.1) is 0 Å². The van der Waals surface area contributed by atoms with Gasteiger partial charge in [-0.05, 0) is 25.5 Å². The molecule has 0 fully saturated rings. The summed E-state index contributed by atoms with van der Waals surface area (Å²) in [6, 6.07) is 4.61. The van der Waals surface area contributed by atoms with E-state index < -0.39 is 35.2 Å². The summed E-state index contributed by atoms with van der Waals surface area (Å²) >= 11 is 0. The summed E-state index contributed by atoms with van der Waals surface area (Å²) in [5.74, 6) is -2.12. The number of non-ortho nitro benzene ring substituents is 1. The number of nitrogens with zero attached hydrogens (tertiary/aromatic N) is 2. The van der Waals surface area contributed by atoms with Gasteiger partial charge in [-0.25, -0.2) is 0 Å². The number of carboxylic acid groups (broad SMARTS) is 1. The topological polar surface area (TPSA) is 128 Å². The average Bonchev–Trinajstić information content (AvgIpc) is 2.68. The van der Waals surface area contributed by atoms with Gasteiger partial charge in [-0.1, -0.05) is 6.92 Å².